The van der Waals surface area contributed by atoms with Gasteiger partial charge in [-0.3, -0.25) is 4.90 Å². The van der Waals surface area contributed by atoms with Crippen LogP contribution in [-0.2, 0) is 4.79 Å². The van der Waals surface area contributed by atoms with Crippen molar-refractivity contribution in [1.29, 1.82) is 0 Å². The lowest BCUT2D eigenvalue weighted by molar-refractivity contribution is -0.140. The van der Waals surface area contributed by atoms with Crippen LogP contribution in [0.15, 0.2) is 24.3 Å². The quantitative estimate of drug-likeness (QED) is 0.871. The third kappa shape index (κ3) is 3.94. The van der Waals surface area contributed by atoms with Crippen LogP contribution in [0.5, 0.6) is 0 Å². The van der Waals surface area contributed by atoms with Gasteiger partial charge < -0.3 is 10.4 Å². The Balaban J connectivity index is 2.78. The number of carboxylic acids is 1. The predicted octanol–water partition coefficient (Wildman–Crippen LogP) is 2.47. The van der Waals surface area contributed by atoms with E-state index in [1.165, 1.54) is 36.2 Å². The smallest absolute Gasteiger partial charge is 0.326 e. The zero-order chi connectivity index (χ0) is 15.3. The molecule has 110 valence electrons. The van der Waals surface area contributed by atoms with Gasteiger partial charge in [0.05, 0.1) is 0 Å². The van der Waals surface area contributed by atoms with Crippen molar-refractivity contribution in [3.8, 4) is 0 Å². The Morgan fingerprint density at radius 1 is 1.35 bits per heavy atom. The standard InChI is InChI=1S/C14H19FN2O3/c1-4-9(2)12(13(18)19)16-14(20)17(3)11-7-5-10(15)6-8-11/h5-9,12H,4H2,1-3H3,(H,16,20)(H,18,19)/t9?,12-/m0/s1. The van der Waals surface area contributed by atoms with Crippen molar-refractivity contribution < 1.29 is 19.1 Å². The van der Waals surface area contributed by atoms with Gasteiger partial charge >= 0.3 is 12.0 Å². The number of benzene rings is 1. The highest BCUT2D eigenvalue weighted by atomic mass is 19.1. The van der Waals surface area contributed by atoms with E-state index >= 15 is 0 Å². The average Bonchev–Trinajstić information content (AvgIpc) is 2.43. The van der Waals surface area contributed by atoms with Crippen LogP contribution in [0.4, 0.5) is 14.9 Å². The normalized spacial score (nSPS) is 13.4. The van der Waals surface area contributed by atoms with Crippen molar-refractivity contribution in [3.63, 3.8) is 0 Å². The summed E-state index contributed by atoms with van der Waals surface area (Å²) in [6, 6.07) is 3.90. The number of carbonyl (C=O) groups excluding carboxylic acids is 1. The van der Waals surface area contributed by atoms with Crippen molar-refractivity contribution in [2.24, 2.45) is 5.92 Å². The summed E-state index contributed by atoms with van der Waals surface area (Å²) < 4.78 is 12.8. The van der Waals surface area contributed by atoms with Crippen molar-refractivity contribution in [1.82, 2.24) is 5.32 Å². The van der Waals surface area contributed by atoms with Gasteiger partial charge in [0, 0.05) is 12.7 Å². The minimum atomic E-state index is -1.07. The van der Waals surface area contributed by atoms with Gasteiger partial charge in [-0.05, 0) is 30.2 Å². The second kappa shape index (κ2) is 6.88. The zero-order valence-electron chi connectivity index (χ0n) is 11.8. The molecule has 5 nitrogen and oxygen atoms in total. The molecule has 0 spiro atoms. The maximum Gasteiger partial charge on any atom is 0.326 e. The second-order valence-electron chi connectivity index (χ2n) is 4.69. The highest BCUT2D eigenvalue weighted by Crippen LogP contribution is 2.14. The first kappa shape index (κ1) is 15.9. The molecule has 2 amide bonds. The second-order valence-corrected chi connectivity index (χ2v) is 4.69. The summed E-state index contributed by atoms with van der Waals surface area (Å²) in [6.07, 6.45) is 0.636. The Labute approximate surface area is 117 Å². The van der Waals surface area contributed by atoms with Crippen LogP contribution in [0.3, 0.4) is 0 Å². The minimum absolute atomic E-state index is 0.182. The van der Waals surface area contributed by atoms with Gasteiger partial charge in [-0.1, -0.05) is 20.3 Å². The molecule has 0 saturated heterocycles. The molecule has 1 aromatic rings. The van der Waals surface area contributed by atoms with E-state index < -0.39 is 23.9 Å². The van der Waals surface area contributed by atoms with Gasteiger partial charge in [-0.25, -0.2) is 14.0 Å². The summed E-state index contributed by atoms with van der Waals surface area (Å²) in [6.45, 7) is 3.62. The molecule has 2 N–H and O–H groups in total. The zero-order valence-corrected chi connectivity index (χ0v) is 11.8. The molecule has 2 atom stereocenters. The fourth-order valence-corrected chi connectivity index (χ4v) is 1.69. The highest BCUT2D eigenvalue weighted by molar-refractivity contribution is 5.94. The number of carboxylic acid groups (broad SMARTS) is 1. The molecule has 6 heteroatoms. The Morgan fingerprint density at radius 2 is 1.90 bits per heavy atom. The van der Waals surface area contributed by atoms with E-state index in [-0.39, 0.29) is 5.92 Å². The van der Waals surface area contributed by atoms with Crippen molar-refractivity contribution in [2.75, 3.05) is 11.9 Å². The van der Waals surface area contributed by atoms with Crippen LogP contribution in [-0.4, -0.2) is 30.2 Å². The summed E-state index contributed by atoms with van der Waals surface area (Å²) in [5.41, 5.74) is 0.484. The van der Waals surface area contributed by atoms with Gasteiger partial charge in [0.2, 0.25) is 0 Å². The summed E-state index contributed by atoms with van der Waals surface area (Å²) in [5, 5.41) is 11.6. The fraction of sp³-hybridized carbons (Fsp3) is 0.429. The molecule has 20 heavy (non-hydrogen) atoms. The first-order chi connectivity index (χ1) is 9.36. The molecular weight excluding hydrogens is 263 g/mol. The maximum absolute atomic E-state index is 12.8. The van der Waals surface area contributed by atoms with E-state index in [0.29, 0.717) is 12.1 Å². The van der Waals surface area contributed by atoms with Crippen molar-refractivity contribution >= 4 is 17.7 Å². The highest BCUT2D eigenvalue weighted by Gasteiger charge is 2.26. The number of nitrogens with one attached hydrogen (secondary N) is 1. The summed E-state index contributed by atoms with van der Waals surface area (Å²) >= 11 is 0. The number of hydrogen-bond acceptors (Lipinski definition) is 2. The van der Waals surface area contributed by atoms with Crippen molar-refractivity contribution in [3.05, 3.63) is 30.1 Å². The Hall–Kier alpha value is -2.11. The number of hydrogen-bond donors (Lipinski definition) is 2. The third-order valence-electron chi connectivity index (χ3n) is 3.28. The van der Waals surface area contributed by atoms with E-state index in [9.17, 15) is 14.0 Å². The van der Waals surface area contributed by atoms with E-state index in [4.69, 9.17) is 5.11 Å². The SMILES string of the molecule is CCC(C)[C@H](NC(=O)N(C)c1ccc(F)cc1)C(=O)O. The molecule has 0 radical (unpaired) electrons. The van der Waals surface area contributed by atoms with Crippen LogP contribution in [0.25, 0.3) is 0 Å². The molecule has 1 unspecified atom stereocenters. The molecular formula is C14H19FN2O3. The lowest BCUT2D eigenvalue weighted by Crippen LogP contribution is -2.49. The number of urea groups is 1. The molecule has 1 aromatic carbocycles. The molecule has 0 aliphatic rings. The van der Waals surface area contributed by atoms with Gasteiger partial charge in [0.25, 0.3) is 0 Å². The van der Waals surface area contributed by atoms with Gasteiger partial charge in [0.15, 0.2) is 0 Å². The first-order valence-corrected chi connectivity index (χ1v) is 6.39. The number of amides is 2. The van der Waals surface area contributed by atoms with E-state index in [1.807, 2.05) is 6.92 Å². The Bertz CT molecular complexity index is 476. The lowest BCUT2D eigenvalue weighted by atomic mass is 9.99. The molecule has 0 aliphatic carbocycles. The first-order valence-electron chi connectivity index (χ1n) is 6.39. The number of rotatable bonds is 5. The van der Waals surface area contributed by atoms with E-state index in [1.54, 1.807) is 6.92 Å². The fourth-order valence-electron chi connectivity index (χ4n) is 1.69. The van der Waals surface area contributed by atoms with Gasteiger partial charge in [0.1, 0.15) is 11.9 Å². The summed E-state index contributed by atoms with van der Waals surface area (Å²) in [4.78, 5) is 24.4. The molecule has 0 saturated carbocycles. The Kier molecular flexibility index (Phi) is 5.49. The predicted molar refractivity (Wildman–Crippen MR) is 74.2 cm³/mol. The third-order valence-corrected chi connectivity index (χ3v) is 3.28. The Morgan fingerprint density at radius 3 is 2.35 bits per heavy atom. The van der Waals surface area contributed by atoms with Gasteiger partial charge in [-0.15, -0.1) is 0 Å². The van der Waals surface area contributed by atoms with Crippen LogP contribution < -0.4 is 10.2 Å². The van der Waals surface area contributed by atoms with E-state index in [2.05, 4.69) is 5.32 Å². The number of carbonyl (C=O) groups is 2. The summed E-state index contributed by atoms with van der Waals surface area (Å²) in [5.74, 6) is -1.65. The maximum atomic E-state index is 12.8. The van der Waals surface area contributed by atoms with Crippen LogP contribution >= 0.6 is 0 Å². The van der Waals surface area contributed by atoms with Gasteiger partial charge in [-0.2, -0.15) is 0 Å². The topological polar surface area (TPSA) is 69.6 Å². The molecule has 0 heterocycles. The monoisotopic (exact) mass is 282 g/mol. The molecule has 0 aliphatic heterocycles. The largest absolute Gasteiger partial charge is 0.480 e. The van der Waals surface area contributed by atoms with Crippen LogP contribution in [0.1, 0.15) is 20.3 Å². The molecule has 0 bridgehead atoms. The average molecular weight is 282 g/mol. The number of halogens is 1. The molecule has 1 rings (SSSR count). The molecule has 0 aromatic heterocycles. The van der Waals surface area contributed by atoms with Crippen LogP contribution in [0.2, 0.25) is 0 Å². The van der Waals surface area contributed by atoms with E-state index in [0.717, 1.165) is 0 Å². The number of aliphatic carboxylic acids is 1. The minimum Gasteiger partial charge on any atom is -0.480 e. The van der Waals surface area contributed by atoms with Crippen molar-refractivity contribution in [2.45, 2.75) is 26.3 Å². The number of anilines is 1. The lowest BCUT2D eigenvalue weighted by Gasteiger charge is -2.24. The number of nitrogens with zero attached hydrogens (tertiary/aromatic N) is 1. The van der Waals surface area contributed by atoms with Crippen LogP contribution in [0, 0.1) is 11.7 Å². The molecule has 0 fully saturated rings. The summed E-state index contributed by atoms with van der Waals surface area (Å²) in [7, 11) is 1.50.